The number of carbonyl (C=O) groups excluding carboxylic acids is 1. The highest BCUT2D eigenvalue weighted by Gasteiger charge is 2.21. The first-order valence-electron chi connectivity index (χ1n) is 9.06. The number of likely N-dealkylation sites (tertiary alicyclic amines) is 1. The van der Waals surface area contributed by atoms with Crippen molar-refractivity contribution in [3.63, 3.8) is 0 Å². The minimum atomic E-state index is -0.588. The zero-order valence-electron chi connectivity index (χ0n) is 15.0. The van der Waals surface area contributed by atoms with Crippen molar-refractivity contribution in [2.24, 2.45) is 11.8 Å². The maximum absolute atomic E-state index is 12.3. The van der Waals surface area contributed by atoms with Crippen LogP contribution in [-0.2, 0) is 0 Å². The highest BCUT2D eigenvalue weighted by Crippen LogP contribution is 2.20. The molecule has 1 N–H and O–H groups in total. The molecular formula is C20H26N2O3. The predicted molar refractivity (Wildman–Crippen MR) is 98.8 cm³/mol. The van der Waals surface area contributed by atoms with E-state index in [1.807, 2.05) is 12.1 Å². The maximum Gasteiger partial charge on any atom is 0.349 e. The SMILES string of the molecule is C[C@H]1C[C@H](C)CN(CCCNC(=O)c2cc3ccccc3oc2=O)C1. The molecule has 5 nitrogen and oxygen atoms in total. The largest absolute Gasteiger partial charge is 0.422 e. The molecule has 1 amide bonds. The lowest BCUT2D eigenvalue weighted by Gasteiger charge is -2.34. The Bertz CT molecular complexity index is 789. The van der Waals surface area contributed by atoms with Gasteiger partial charge < -0.3 is 14.6 Å². The van der Waals surface area contributed by atoms with Crippen LogP contribution in [0.25, 0.3) is 11.0 Å². The maximum atomic E-state index is 12.3. The number of benzene rings is 1. The van der Waals surface area contributed by atoms with Gasteiger partial charge in [-0.05, 0) is 43.4 Å². The second-order valence-corrected chi connectivity index (χ2v) is 7.30. The van der Waals surface area contributed by atoms with Gasteiger partial charge in [0, 0.05) is 25.0 Å². The zero-order chi connectivity index (χ0) is 17.8. The van der Waals surface area contributed by atoms with Crippen molar-refractivity contribution >= 4 is 16.9 Å². The van der Waals surface area contributed by atoms with Crippen molar-refractivity contribution in [2.75, 3.05) is 26.2 Å². The van der Waals surface area contributed by atoms with Crippen molar-refractivity contribution in [3.05, 3.63) is 46.3 Å². The van der Waals surface area contributed by atoms with Crippen LogP contribution in [0.5, 0.6) is 0 Å². The molecule has 0 unspecified atom stereocenters. The molecule has 2 atom stereocenters. The average molecular weight is 342 g/mol. The number of hydrogen-bond donors (Lipinski definition) is 1. The highest BCUT2D eigenvalue weighted by atomic mass is 16.4. The van der Waals surface area contributed by atoms with Crippen LogP contribution in [-0.4, -0.2) is 37.0 Å². The minimum absolute atomic E-state index is 0.0684. The second-order valence-electron chi connectivity index (χ2n) is 7.30. The van der Waals surface area contributed by atoms with Crippen LogP contribution in [0.3, 0.4) is 0 Å². The molecule has 1 aromatic carbocycles. The third-order valence-electron chi connectivity index (χ3n) is 4.77. The first-order valence-corrected chi connectivity index (χ1v) is 9.06. The van der Waals surface area contributed by atoms with Gasteiger partial charge in [0.25, 0.3) is 5.91 Å². The van der Waals surface area contributed by atoms with Gasteiger partial charge in [0.05, 0.1) is 0 Å². The van der Waals surface area contributed by atoms with Gasteiger partial charge in [-0.15, -0.1) is 0 Å². The van der Waals surface area contributed by atoms with Crippen molar-refractivity contribution in [2.45, 2.75) is 26.7 Å². The van der Waals surface area contributed by atoms with E-state index >= 15 is 0 Å². The molecule has 1 aromatic heterocycles. The summed E-state index contributed by atoms with van der Waals surface area (Å²) in [6.45, 7) is 8.39. The summed E-state index contributed by atoms with van der Waals surface area (Å²) >= 11 is 0. The first kappa shape index (κ1) is 17.7. The standard InChI is InChI=1S/C20H26N2O3/c1-14-10-15(2)13-22(12-14)9-5-8-21-19(23)17-11-16-6-3-4-7-18(16)25-20(17)24/h3-4,6-7,11,14-15H,5,8-10,12-13H2,1-2H3,(H,21,23)/t14-,15-/m0/s1. The number of piperidine rings is 1. The van der Waals surface area contributed by atoms with Crippen LogP contribution in [0.1, 0.15) is 37.0 Å². The Balaban J connectivity index is 1.53. The number of nitrogens with one attached hydrogen (secondary N) is 1. The van der Waals surface area contributed by atoms with Gasteiger partial charge >= 0.3 is 5.63 Å². The summed E-state index contributed by atoms with van der Waals surface area (Å²) in [5, 5.41) is 3.59. The smallest absolute Gasteiger partial charge is 0.349 e. The van der Waals surface area contributed by atoms with E-state index in [2.05, 4.69) is 24.1 Å². The summed E-state index contributed by atoms with van der Waals surface area (Å²) in [5.74, 6) is 1.11. The van der Waals surface area contributed by atoms with Crippen molar-refractivity contribution in [1.82, 2.24) is 10.2 Å². The van der Waals surface area contributed by atoms with Crippen molar-refractivity contribution < 1.29 is 9.21 Å². The Kier molecular flexibility index (Phi) is 5.53. The fraction of sp³-hybridized carbons (Fsp3) is 0.500. The van der Waals surface area contributed by atoms with E-state index in [0.29, 0.717) is 12.1 Å². The third-order valence-corrected chi connectivity index (χ3v) is 4.77. The van der Waals surface area contributed by atoms with Gasteiger partial charge in [0.1, 0.15) is 11.1 Å². The molecule has 0 radical (unpaired) electrons. The van der Waals surface area contributed by atoms with Crippen molar-refractivity contribution in [3.8, 4) is 0 Å². The van der Waals surface area contributed by atoms with E-state index in [-0.39, 0.29) is 11.5 Å². The second kappa shape index (κ2) is 7.83. The van der Waals surface area contributed by atoms with Crippen LogP contribution >= 0.6 is 0 Å². The number of nitrogens with zero attached hydrogens (tertiary/aromatic N) is 1. The highest BCUT2D eigenvalue weighted by molar-refractivity contribution is 5.96. The summed E-state index contributed by atoms with van der Waals surface area (Å²) in [4.78, 5) is 26.7. The summed E-state index contributed by atoms with van der Waals surface area (Å²) < 4.78 is 5.21. The quantitative estimate of drug-likeness (QED) is 0.670. The van der Waals surface area contributed by atoms with E-state index < -0.39 is 5.63 Å². The van der Waals surface area contributed by atoms with E-state index in [1.54, 1.807) is 18.2 Å². The molecule has 0 aliphatic carbocycles. The Morgan fingerprint density at radius 2 is 1.96 bits per heavy atom. The molecule has 1 fully saturated rings. The Hall–Kier alpha value is -2.14. The number of hydrogen-bond acceptors (Lipinski definition) is 4. The van der Waals surface area contributed by atoms with E-state index in [4.69, 9.17) is 4.42 Å². The normalized spacial score (nSPS) is 21.4. The molecule has 25 heavy (non-hydrogen) atoms. The minimum Gasteiger partial charge on any atom is -0.422 e. The number of amides is 1. The lowest BCUT2D eigenvalue weighted by atomic mass is 9.92. The predicted octanol–water partition coefficient (Wildman–Crippen LogP) is 2.89. The summed E-state index contributed by atoms with van der Waals surface area (Å²) in [5.41, 5.74) is -0.0221. The van der Waals surface area contributed by atoms with Crippen LogP contribution in [0.4, 0.5) is 0 Å². The van der Waals surface area contributed by atoms with E-state index in [0.717, 1.165) is 43.3 Å². The Morgan fingerprint density at radius 3 is 2.72 bits per heavy atom. The topological polar surface area (TPSA) is 62.6 Å². The molecule has 134 valence electrons. The fourth-order valence-corrected chi connectivity index (χ4v) is 3.79. The molecule has 0 saturated carbocycles. The van der Waals surface area contributed by atoms with Gasteiger partial charge in [-0.3, -0.25) is 4.79 Å². The first-order chi connectivity index (χ1) is 12.0. The lowest BCUT2D eigenvalue weighted by Crippen LogP contribution is -2.40. The monoisotopic (exact) mass is 342 g/mol. The number of para-hydroxylation sites is 1. The number of fused-ring (bicyclic) bond motifs is 1. The molecule has 5 heteroatoms. The summed E-state index contributed by atoms with van der Waals surface area (Å²) in [6, 6.07) is 8.80. The molecular weight excluding hydrogens is 316 g/mol. The fourth-order valence-electron chi connectivity index (χ4n) is 3.79. The molecule has 0 bridgehead atoms. The van der Waals surface area contributed by atoms with Gasteiger partial charge in [-0.1, -0.05) is 32.0 Å². The summed E-state index contributed by atoms with van der Waals surface area (Å²) in [6.07, 6.45) is 2.18. The van der Waals surface area contributed by atoms with Crippen LogP contribution in [0.15, 0.2) is 39.5 Å². The lowest BCUT2D eigenvalue weighted by molar-refractivity contribution is 0.0944. The van der Waals surface area contributed by atoms with E-state index in [1.165, 1.54) is 6.42 Å². The van der Waals surface area contributed by atoms with Crippen LogP contribution < -0.4 is 10.9 Å². The molecule has 0 spiro atoms. The van der Waals surface area contributed by atoms with Crippen LogP contribution in [0.2, 0.25) is 0 Å². The Morgan fingerprint density at radius 1 is 1.24 bits per heavy atom. The number of rotatable bonds is 5. The van der Waals surface area contributed by atoms with Crippen molar-refractivity contribution in [1.29, 1.82) is 0 Å². The third kappa shape index (κ3) is 4.48. The molecule has 1 aliphatic rings. The van der Waals surface area contributed by atoms with Gasteiger partial charge in [0.15, 0.2) is 0 Å². The van der Waals surface area contributed by atoms with Crippen LogP contribution in [0, 0.1) is 11.8 Å². The molecule has 1 saturated heterocycles. The molecule has 2 heterocycles. The summed E-state index contributed by atoms with van der Waals surface area (Å²) in [7, 11) is 0. The average Bonchev–Trinajstić information content (AvgIpc) is 2.57. The molecule has 2 aromatic rings. The zero-order valence-corrected chi connectivity index (χ0v) is 15.0. The van der Waals surface area contributed by atoms with Gasteiger partial charge in [-0.2, -0.15) is 0 Å². The molecule has 3 rings (SSSR count). The Labute approximate surface area is 148 Å². The number of carbonyl (C=O) groups is 1. The molecule has 1 aliphatic heterocycles. The van der Waals surface area contributed by atoms with Gasteiger partial charge in [-0.25, -0.2) is 4.79 Å². The van der Waals surface area contributed by atoms with Gasteiger partial charge in [0.2, 0.25) is 0 Å². The van der Waals surface area contributed by atoms with E-state index in [9.17, 15) is 9.59 Å².